The number of benzene rings is 1. The molecule has 5 rings (SSSR count). The molecule has 2 fully saturated rings. The fourth-order valence-electron chi connectivity index (χ4n) is 5.85. The molecule has 3 amide bonds. The van der Waals surface area contributed by atoms with Crippen molar-refractivity contribution in [2.24, 2.45) is 5.92 Å². The summed E-state index contributed by atoms with van der Waals surface area (Å²) < 4.78 is 6.33. The van der Waals surface area contributed by atoms with Gasteiger partial charge in [0, 0.05) is 24.9 Å². The van der Waals surface area contributed by atoms with Crippen LogP contribution in [-0.4, -0.2) is 69.0 Å². The van der Waals surface area contributed by atoms with Gasteiger partial charge < -0.3 is 25.4 Å². The molecule has 1 saturated carbocycles. The molecule has 0 unspecified atom stereocenters. The molecule has 10 nitrogen and oxygen atoms in total. The molecule has 3 aliphatic rings. The number of hydrogen-bond acceptors (Lipinski definition) is 6. The number of hydrogen-bond donors (Lipinski definition) is 3. The van der Waals surface area contributed by atoms with Crippen molar-refractivity contribution in [1.82, 2.24) is 20.5 Å². The molecule has 3 N–H and O–H groups in total. The van der Waals surface area contributed by atoms with Gasteiger partial charge in [0.1, 0.15) is 29.5 Å². The predicted molar refractivity (Wildman–Crippen MR) is 143 cm³/mol. The summed E-state index contributed by atoms with van der Waals surface area (Å²) in [5, 5.41) is 16.4. The lowest BCUT2D eigenvalue weighted by atomic mass is 10.1. The van der Waals surface area contributed by atoms with E-state index in [1.807, 2.05) is 36.4 Å². The molecule has 1 saturated heterocycles. The highest BCUT2D eigenvalue weighted by atomic mass is 16.5. The van der Waals surface area contributed by atoms with E-state index in [1.165, 1.54) is 11.8 Å². The quantitative estimate of drug-likeness (QED) is 0.513. The number of pyridine rings is 1. The summed E-state index contributed by atoms with van der Waals surface area (Å²) >= 11 is 0. The van der Waals surface area contributed by atoms with Crippen LogP contribution in [0.1, 0.15) is 51.9 Å². The molecule has 1 aromatic heterocycles. The number of carbonyl (C=O) groups is 4. The topological polar surface area (TPSA) is 138 Å². The van der Waals surface area contributed by atoms with Gasteiger partial charge in [0.15, 0.2) is 0 Å². The van der Waals surface area contributed by atoms with Crippen LogP contribution in [0.5, 0.6) is 5.75 Å². The Kier molecular flexibility index (Phi) is 7.54. The predicted octanol–water partition coefficient (Wildman–Crippen LogP) is 2.57. The Balaban J connectivity index is 1.44. The number of carboxylic acids is 1. The molecular formula is C29H34N4O6. The fourth-order valence-corrected chi connectivity index (χ4v) is 5.85. The first-order valence-corrected chi connectivity index (χ1v) is 13.6. The summed E-state index contributed by atoms with van der Waals surface area (Å²) in [6, 6.07) is 7.58. The summed E-state index contributed by atoms with van der Waals surface area (Å²) in [4.78, 5) is 57.4. The van der Waals surface area contributed by atoms with Gasteiger partial charge in [-0.05, 0) is 62.6 Å². The van der Waals surface area contributed by atoms with Gasteiger partial charge in [-0.3, -0.25) is 19.4 Å². The smallest absolute Gasteiger partial charge is 0.329 e. The Hall–Kier alpha value is -3.95. The summed E-state index contributed by atoms with van der Waals surface area (Å²) in [7, 11) is 0. The fraction of sp³-hybridized carbons (Fsp3) is 0.483. The number of carbonyl (C=O) groups excluding carboxylic acids is 3. The standard InChI is InChI=1S/C29H34N4O6/c1-18(34)31-23-12-6-4-2-3-5-9-19-16-29(19,28(37)38)32-26(35)24-15-20(17-33(24)27(23)36)39-25-13-14-30-22-11-8-7-10-21(22)25/h2-3,7-8,10-11,13-14,19-20,23-24H,4-6,9,12,15-17H2,1H3,(H,31,34)(H,32,35)(H,37,38)/b3-2+/t19-,20+,23-,24-,29+/m0/s1. The van der Waals surface area contributed by atoms with E-state index in [9.17, 15) is 24.3 Å². The number of allylic oxidation sites excluding steroid dienone is 2. The lowest BCUT2D eigenvalue weighted by molar-refractivity contribution is -0.146. The van der Waals surface area contributed by atoms with Crippen molar-refractivity contribution in [1.29, 1.82) is 0 Å². The maximum atomic E-state index is 13.8. The highest BCUT2D eigenvalue weighted by molar-refractivity contribution is 5.96. The Bertz CT molecular complexity index is 1310. The van der Waals surface area contributed by atoms with Crippen molar-refractivity contribution in [3.63, 3.8) is 0 Å². The van der Waals surface area contributed by atoms with E-state index in [4.69, 9.17) is 4.74 Å². The number of aliphatic carboxylic acids is 1. The molecule has 1 aromatic carbocycles. The second-order valence-corrected chi connectivity index (χ2v) is 10.7. The number of fused-ring (bicyclic) bond motifs is 3. The van der Waals surface area contributed by atoms with Crippen LogP contribution in [0.3, 0.4) is 0 Å². The number of amides is 3. The van der Waals surface area contributed by atoms with E-state index < -0.39 is 35.6 Å². The number of rotatable bonds is 4. The number of aromatic nitrogens is 1. The first-order valence-electron chi connectivity index (χ1n) is 13.6. The monoisotopic (exact) mass is 534 g/mol. The molecule has 3 heterocycles. The van der Waals surface area contributed by atoms with Crippen LogP contribution in [0.4, 0.5) is 0 Å². The van der Waals surface area contributed by atoms with Crippen molar-refractivity contribution < 1.29 is 29.0 Å². The summed E-state index contributed by atoms with van der Waals surface area (Å²) in [5.74, 6) is -1.84. The lowest BCUT2D eigenvalue weighted by Crippen LogP contribution is -2.56. The normalized spacial score (nSPS) is 30.2. The molecular weight excluding hydrogens is 500 g/mol. The van der Waals surface area contributed by atoms with E-state index in [-0.39, 0.29) is 30.7 Å². The van der Waals surface area contributed by atoms with Crippen molar-refractivity contribution in [3.05, 3.63) is 48.7 Å². The van der Waals surface area contributed by atoms with Crippen LogP contribution in [0, 0.1) is 5.92 Å². The molecule has 0 bridgehead atoms. The van der Waals surface area contributed by atoms with Crippen LogP contribution in [0.25, 0.3) is 10.9 Å². The van der Waals surface area contributed by atoms with E-state index in [0.717, 1.165) is 23.7 Å². The second-order valence-electron chi connectivity index (χ2n) is 10.7. The van der Waals surface area contributed by atoms with E-state index >= 15 is 0 Å². The molecule has 5 atom stereocenters. The number of carboxylic acid groups (broad SMARTS) is 1. The Morgan fingerprint density at radius 2 is 1.95 bits per heavy atom. The first kappa shape index (κ1) is 26.6. The number of nitrogens with one attached hydrogen (secondary N) is 2. The van der Waals surface area contributed by atoms with Gasteiger partial charge in [0.05, 0.1) is 12.1 Å². The van der Waals surface area contributed by atoms with Gasteiger partial charge in [-0.25, -0.2) is 4.79 Å². The molecule has 2 aromatic rings. The summed E-state index contributed by atoms with van der Waals surface area (Å²) in [5.41, 5.74) is -0.559. The highest BCUT2D eigenvalue weighted by Gasteiger charge is 2.62. The van der Waals surface area contributed by atoms with Gasteiger partial charge in [0.25, 0.3) is 0 Å². The zero-order valence-corrected chi connectivity index (χ0v) is 22.0. The average molecular weight is 535 g/mol. The maximum Gasteiger partial charge on any atom is 0.329 e. The van der Waals surface area contributed by atoms with Crippen molar-refractivity contribution in [2.45, 2.75) is 75.6 Å². The van der Waals surface area contributed by atoms with Gasteiger partial charge in [0.2, 0.25) is 17.7 Å². The van der Waals surface area contributed by atoms with E-state index in [0.29, 0.717) is 31.4 Å². The Morgan fingerprint density at radius 1 is 1.15 bits per heavy atom. The third kappa shape index (κ3) is 5.60. The summed E-state index contributed by atoms with van der Waals surface area (Å²) in [6.45, 7) is 1.49. The lowest BCUT2D eigenvalue weighted by Gasteiger charge is -2.29. The molecule has 0 spiro atoms. The number of nitrogens with zero attached hydrogens (tertiary/aromatic N) is 2. The van der Waals surface area contributed by atoms with Gasteiger partial charge >= 0.3 is 5.97 Å². The molecule has 39 heavy (non-hydrogen) atoms. The number of ether oxygens (including phenoxy) is 1. The molecule has 1 aliphatic carbocycles. The van der Waals surface area contributed by atoms with Crippen LogP contribution >= 0.6 is 0 Å². The molecule has 10 heteroatoms. The number of para-hydroxylation sites is 1. The molecule has 0 radical (unpaired) electrons. The zero-order chi connectivity index (χ0) is 27.6. The van der Waals surface area contributed by atoms with Gasteiger partial charge in [-0.15, -0.1) is 0 Å². The Labute approximate surface area is 226 Å². The van der Waals surface area contributed by atoms with E-state index in [1.54, 1.807) is 12.3 Å². The van der Waals surface area contributed by atoms with Crippen LogP contribution in [-0.2, 0) is 19.2 Å². The Morgan fingerprint density at radius 3 is 2.74 bits per heavy atom. The third-order valence-electron chi connectivity index (χ3n) is 7.97. The zero-order valence-electron chi connectivity index (χ0n) is 22.0. The average Bonchev–Trinajstić information content (AvgIpc) is 3.44. The van der Waals surface area contributed by atoms with Gasteiger partial charge in [-0.1, -0.05) is 24.3 Å². The van der Waals surface area contributed by atoms with Crippen molar-refractivity contribution >= 4 is 34.6 Å². The van der Waals surface area contributed by atoms with Gasteiger partial charge in [-0.2, -0.15) is 0 Å². The van der Waals surface area contributed by atoms with Crippen LogP contribution in [0.15, 0.2) is 48.7 Å². The first-order chi connectivity index (χ1) is 18.8. The van der Waals surface area contributed by atoms with Crippen LogP contribution < -0.4 is 15.4 Å². The molecule has 2 aliphatic heterocycles. The maximum absolute atomic E-state index is 13.8. The molecule has 206 valence electrons. The minimum atomic E-state index is -1.32. The van der Waals surface area contributed by atoms with E-state index in [2.05, 4.69) is 15.6 Å². The summed E-state index contributed by atoms with van der Waals surface area (Å²) in [6.07, 6.45) is 8.97. The van der Waals surface area contributed by atoms with Crippen molar-refractivity contribution in [2.75, 3.05) is 6.54 Å². The minimum absolute atomic E-state index is 0.132. The second kappa shape index (κ2) is 11.0. The SMILES string of the molecule is CC(=O)N[C@H]1CCC/C=C/CC[C@H]2C[C@@]2(C(=O)O)NC(=O)[C@@H]2C[C@@H](Oc3ccnc4ccccc34)CN2C1=O. The van der Waals surface area contributed by atoms with Crippen molar-refractivity contribution in [3.8, 4) is 5.75 Å². The third-order valence-corrected chi connectivity index (χ3v) is 7.97. The van der Waals surface area contributed by atoms with Crippen LogP contribution in [0.2, 0.25) is 0 Å². The minimum Gasteiger partial charge on any atom is -0.488 e. The highest BCUT2D eigenvalue weighted by Crippen LogP contribution is 2.47. The largest absolute Gasteiger partial charge is 0.488 e.